The molecule has 0 bridgehead atoms. The number of rotatable bonds is 11. The molecular formula is C43H53IrN2O3-. The van der Waals surface area contributed by atoms with Gasteiger partial charge in [-0.25, -0.2) is 4.98 Å². The minimum atomic E-state index is 0. The first-order valence-electron chi connectivity index (χ1n) is 17.6. The van der Waals surface area contributed by atoms with Crippen molar-refractivity contribution in [2.24, 2.45) is 17.8 Å². The molecule has 2 aromatic carbocycles. The summed E-state index contributed by atoms with van der Waals surface area (Å²) >= 11 is 0. The number of hydrogen-bond acceptors (Lipinski definition) is 5. The number of nitrogens with zero attached hydrogens (tertiary/aromatic N) is 2. The van der Waals surface area contributed by atoms with Gasteiger partial charge in [0.15, 0.2) is 11.4 Å². The molecule has 1 radical (unpaired) electrons. The Balaban J connectivity index is 0.000000347. The molecule has 49 heavy (non-hydrogen) atoms. The van der Waals surface area contributed by atoms with Gasteiger partial charge in [-0.2, -0.15) is 0 Å². The molecule has 0 spiro atoms. The third-order valence-corrected chi connectivity index (χ3v) is 9.11. The molecule has 263 valence electrons. The average Bonchev–Trinajstić information content (AvgIpc) is 3.54. The van der Waals surface area contributed by atoms with E-state index in [2.05, 4.69) is 83.1 Å². The van der Waals surface area contributed by atoms with E-state index in [0.717, 1.165) is 71.1 Å². The Kier molecular flexibility index (Phi) is 14.5. The van der Waals surface area contributed by atoms with Crippen molar-refractivity contribution in [1.29, 1.82) is 0 Å². The summed E-state index contributed by atoms with van der Waals surface area (Å²) in [6.45, 7) is 19.3. The number of furan rings is 1. The first-order valence-corrected chi connectivity index (χ1v) is 17.6. The van der Waals surface area contributed by atoms with Gasteiger partial charge in [0.2, 0.25) is 0 Å². The Hall–Kier alpha value is -3.60. The molecule has 0 atom stereocenters. The fourth-order valence-electron chi connectivity index (χ4n) is 6.27. The van der Waals surface area contributed by atoms with Crippen molar-refractivity contribution in [3.63, 3.8) is 0 Å². The number of hydrogen-bond donors (Lipinski definition) is 1. The zero-order chi connectivity index (χ0) is 35.0. The summed E-state index contributed by atoms with van der Waals surface area (Å²) in [5.41, 5.74) is 8.20. The van der Waals surface area contributed by atoms with Gasteiger partial charge in [-0.15, -0.1) is 29.1 Å². The van der Waals surface area contributed by atoms with E-state index in [4.69, 9.17) is 14.4 Å². The van der Waals surface area contributed by atoms with Crippen LogP contribution < -0.4 is 0 Å². The summed E-state index contributed by atoms with van der Waals surface area (Å²) in [6.07, 6.45) is 9.45. The number of ketones is 1. The van der Waals surface area contributed by atoms with Crippen LogP contribution in [0.3, 0.4) is 0 Å². The number of fused-ring (bicyclic) bond motifs is 2. The smallest absolute Gasteiger partial charge is 0.162 e. The third-order valence-electron chi connectivity index (χ3n) is 9.11. The third kappa shape index (κ3) is 9.99. The molecule has 3 aromatic heterocycles. The van der Waals surface area contributed by atoms with Crippen molar-refractivity contribution in [3.05, 3.63) is 96.1 Å². The quantitative estimate of drug-likeness (QED) is 0.0815. The van der Waals surface area contributed by atoms with Crippen molar-refractivity contribution in [2.45, 2.75) is 99.8 Å². The van der Waals surface area contributed by atoms with E-state index in [0.29, 0.717) is 5.92 Å². The van der Waals surface area contributed by atoms with Crippen LogP contribution in [0.1, 0.15) is 99.1 Å². The Morgan fingerprint density at radius 2 is 1.59 bits per heavy atom. The van der Waals surface area contributed by atoms with Crippen LogP contribution in [0.25, 0.3) is 44.4 Å². The maximum atomic E-state index is 11.7. The topological polar surface area (TPSA) is 76.2 Å². The first-order chi connectivity index (χ1) is 22.9. The van der Waals surface area contributed by atoms with Crippen molar-refractivity contribution < 1.29 is 34.4 Å². The van der Waals surface area contributed by atoms with E-state index < -0.39 is 0 Å². The second-order valence-corrected chi connectivity index (χ2v) is 14.2. The number of aliphatic hydroxyl groups is 1. The van der Waals surface area contributed by atoms with Gasteiger partial charge < -0.3 is 9.52 Å². The minimum absolute atomic E-state index is 0. The Bertz CT molecular complexity index is 1860. The molecule has 0 unspecified atom stereocenters. The minimum Gasteiger partial charge on any atom is -0.512 e. The predicted octanol–water partition coefficient (Wildman–Crippen LogP) is 11.9. The van der Waals surface area contributed by atoms with E-state index in [-0.39, 0.29) is 48.9 Å². The van der Waals surface area contributed by atoms with E-state index in [1.165, 1.54) is 22.6 Å². The molecule has 0 aliphatic rings. The summed E-state index contributed by atoms with van der Waals surface area (Å²) in [7, 11) is 0. The number of carbonyl (C=O) groups is 1. The molecule has 0 saturated carbocycles. The Labute approximate surface area is 307 Å². The molecule has 0 fully saturated rings. The van der Waals surface area contributed by atoms with Crippen LogP contribution in [0.5, 0.6) is 0 Å². The van der Waals surface area contributed by atoms with Crippen molar-refractivity contribution in [1.82, 2.24) is 9.97 Å². The number of benzene rings is 2. The number of aromatic nitrogens is 2. The molecule has 5 aromatic rings. The molecule has 1 N–H and O–H groups in total. The number of carbonyl (C=O) groups excluding carboxylic acids is 1. The second kappa shape index (κ2) is 17.9. The van der Waals surface area contributed by atoms with Crippen molar-refractivity contribution in [2.75, 3.05) is 0 Å². The number of pyridine rings is 2. The zero-order valence-electron chi connectivity index (χ0n) is 30.7. The zero-order valence-corrected chi connectivity index (χ0v) is 33.1. The summed E-state index contributed by atoms with van der Waals surface area (Å²) in [6, 6.07) is 22.6. The molecule has 0 amide bonds. The Morgan fingerprint density at radius 1 is 0.918 bits per heavy atom. The maximum Gasteiger partial charge on any atom is 0.162 e. The number of aliphatic hydroxyl groups excluding tert-OH is 1. The SMILES string of the molecule is CC(C)Cc1cc(-c2ccnc(-c3[c-]c4ccccc4c(C(C)(C)C)c3)c2)nc2ccoc12.CCC(CC)C(=O)/C=C(\O)C(CC)CC.[Ir]. The molecule has 6 heteroatoms. The van der Waals surface area contributed by atoms with Crippen molar-refractivity contribution in [3.8, 4) is 22.5 Å². The van der Waals surface area contributed by atoms with Gasteiger partial charge >= 0.3 is 0 Å². The standard InChI is InChI=1S/C30H29N2O.C13H24O2.Ir/c1-19(2)14-23-18-28(32-26-11-13-33-29(23)26)21-10-12-31-27(17-21)22-15-20-8-6-7-9-24(20)25(16-22)30(3,4)5;1-5-10(6-2)12(14)9-13(15)11(7-3)8-4;/h6-13,16-19H,14H2,1-5H3;9-11,14H,5-8H2,1-4H3;/q-1;;/b;12-9-;. The van der Waals surface area contributed by atoms with Gasteiger partial charge in [-0.1, -0.05) is 97.5 Å². The monoisotopic (exact) mass is 838 g/mol. The van der Waals surface area contributed by atoms with Gasteiger partial charge in [-0.3, -0.25) is 9.78 Å². The summed E-state index contributed by atoms with van der Waals surface area (Å²) < 4.78 is 5.74. The fraction of sp³-hybridized carbons (Fsp3) is 0.419. The molecule has 0 aliphatic heterocycles. The summed E-state index contributed by atoms with van der Waals surface area (Å²) in [5, 5.41) is 12.1. The van der Waals surface area contributed by atoms with Crippen LogP contribution in [-0.4, -0.2) is 20.9 Å². The molecule has 0 saturated heterocycles. The second-order valence-electron chi connectivity index (χ2n) is 14.2. The number of allylic oxidation sites excluding steroid dienone is 2. The van der Waals surface area contributed by atoms with Crippen LogP contribution in [0, 0.1) is 23.8 Å². The first kappa shape index (κ1) is 39.8. The molecule has 5 rings (SSSR count). The maximum absolute atomic E-state index is 11.7. The van der Waals surface area contributed by atoms with Crippen LogP contribution in [-0.2, 0) is 36.7 Å². The Morgan fingerprint density at radius 3 is 2.22 bits per heavy atom. The molecule has 3 heterocycles. The summed E-state index contributed by atoms with van der Waals surface area (Å²) in [4.78, 5) is 21.3. The van der Waals surface area contributed by atoms with Crippen LogP contribution in [0.4, 0.5) is 0 Å². The molecule has 0 aliphatic carbocycles. The normalized spacial score (nSPS) is 12.0. The van der Waals surface area contributed by atoms with Crippen molar-refractivity contribution >= 4 is 27.7 Å². The summed E-state index contributed by atoms with van der Waals surface area (Å²) in [5.74, 6) is 1.08. The van der Waals surface area contributed by atoms with Gasteiger partial charge in [0.1, 0.15) is 5.52 Å². The van der Waals surface area contributed by atoms with E-state index >= 15 is 0 Å². The fourth-order valence-corrected chi connectivity index (χ4v) is 6.27. The van der Waals surface area contributed by atoms with Gasteiger partial charge in [0, 0.05) is 56.0 Å². The van der Waals surface area contributed by atoms with E-state index in [1.807, 2.05) is 46.0 Å². The van der Waals surface area contributed by atoms with Crippen LogP contribution >= 0.6 is 0 Å². The van der Waals surface area contributed by atoms with Gasteiger partial charge in [-0.05, 0) is 66.7 Å². The van der Waals surface area contributed by atoms with E-state index in [9.17, 15) is 9.90 Å². The predicted molar refractivity (Wildman–Crippen MR) is 200 cm³/mol. The van der Waals surface area contributed by atoms with Crippen LogP contribution in [0.2, 0.25) is 0 Å². The van der Waals surface area contributed by atoms with Gasteiger partial charge in [0.25, 0.3) is 0 Å². The largest absolute Gasteiger partial charge is 0.512 e. The molecule has 5 nitrogen and oxygen atoms in total. The average molecular weight is 838 g/mol. The van der Waals surface area contributed by atoms with Gasteiger partial charge in [0.05, 0.1) is 17.7 Å². The van der Waals surface area contributed by atoms with Crippen LogP contribution in [0.15, 0.2) is 83.3 Å². The molecular weight excluding hydrogens is 785 g/mol. The van der Waals surface area contributed by atoms with E-state index in [1.54, 1.807) is 6.26 Å².